The topological polar surface area (TPSA) is 21.3 Å². The summed E-state index contributed by atoms with van der Waals surface area (Å²) in [6.07, 6.45) is 7.65. The number of rotatable bonds is 11. The van der Waals surface area contributed by atoms with Crippen molar-refractivity contribution < 1.29 is 4.74 Å². The molecule has 2 heteroatoms. The summed E-state index contributed by atoms with van der Waals surface area (Å²) in [5.74, 6) is 0. The van der Waals surface area contributed by atoms with Crippen molar-refractivity contribution in [1.82, 2.24) is 5.32 Å². The molecule has 0 amide bonds. The Morgan fingerprint density at radius 2 is 1.73 bits per heavy atom. The molecule has 2 nitrogen and oxygen atoms in total. The summed E-state index contributed by atoms with van der Waals surface area (Å²) in [6.45, 7) is 9.43. The van der Waals surface area contributed by atoms with E-state index in [0.717, 1.165) is 26.2 Å². The molecule has 15 heavy (non-hydrogen) atoms. The van der Waals surface area contributed by atoms with E-state index >= 15 is 0 Å². The van der Waals surface area contributed by atoms with Gasteiger partial charge in [0, 0.05) is 19.2 Å². The fraction of sp³-hybridized carbons (Fsp3) is 1.00. The van der Waals surface area contributed by atoms with E-state index < -0.39 is 0 Å². The normalized spacial score (nSPS) is 13.0. The maximum atomic E-state index is 5.45. The molecule has 0 saturated heterocycles. The second-order valence-corrected chi connectivity index (χ2v) is 4.19. The van der Waals surface area contributed by atoms with Crippen molar-refractivity contribution in [3.63, 3.8) is 0 Å². The Labute approximate surface area is 95.8 Å². The number of unbranched alkanes of at least 4 members (excludes halogenated alkanes) is 1. The van der Waals surface area contributed by atoms with Crippen molar-refractivity contribution in [3.8, 4) is 0 Å². The van der Waals surface area contributed by atoms with Crippen LogP contribution in [0.4, 0.5) is 0 Å². The number of hydrogen-bond acceptors (Lipinski definition) is 2. The van der Waals surface area contributed by atoms with Gasteiger partial charge in [-0.2, -0.15) is 0 Å². The molecular weight excluding hydrogens is 186 g/mol. The van der Waals surface area contributed by atoms with Crippen molar-refractivity contribution in [2.75, 3.05) is 19.8 Å². The average Bonchev–Trinajstić information content (AvgIpc) is 2.25. The molecule has 0 rings (SSSR count). The molecule has 0 fully saturated rings. The smallest absolute Gasteiger partial charge is 0.0590 e. The van der Waals surface area contributed by atoms with Crippen LogP contribution in [-0.4, -0.2) is 25.8 Å². The number of ether oxygens (including phenoxy) is 1. The van der Waals surface area contributed by atoms with Gasteiger partial charge in [0.1, 0.15) is 0 Å². The van der Waals surface area contributed by atoms with E-state index in [1.807, 2.05) is 0 Å². The van der Waals surface area contributed by atoms with Gasteiger partial charge in [0.25, 0.3) is 0 Å². The van der Waals surface area contributed by atoms with Gasteiger partial charge in [-0.05, 0) is 19.3 Å². The zero-order valence-corrected chi connectivity index (χ0v) is 10.8. The summed E-state index contributed by atoms with van der Waals surface area (Å²) in [7, 11) is 0. The Kier molecular flexibility index (Phi) is 11.9. The van der Waals surface area contributed by atoms with Crippen molar-refractivity contribution in [3.05, 3.63) is 0 Å². The first kappa shape index (κ1) is 14.9. The molecule has 1 unspecified atom stereocenters. The molecule has 0 heterocycles. The molecule has 0 radical (unpaired) electrons. The van der Waals surface area contributed by atoms with E-state index in [4.69, 9.17) is 4.74 Å². The third-order valence-corrected chi connectivity index (χ3v) is 2.57. The quantitative estimate of drug-likeness (QED) is 0.534. The molecular formula is C13H29NO. The maximum Gasteiger partial charge on any atom is 0.0590 e. The summed E-state index contributed by atoms with van der Waals surface area (Å²) in [5.41, 5.74) is 0. The molecule has 0 aromatic heterocycles. The zero-order chi connectivity index (χ0) is 11.4. The minimum atomic E-state index is 0.708. The average molecular weight is 215 g/mol. The minimum Gasteiger partial charge on any atom is -0.380 e. The summed E-state index contributed by atoms with van der Waals surface area (Å²) in [6, 6.07) is 0.708. The van der Waals surface area contributed by atoms with Crippen LogP contribution in [0, 0.1) is 0 Å². The van der Waals surface area contributed by atoms with Crippen LogP contribution < -0.4 is 5.32 Å². The lowest BCUT2D eigenvalue weighted by Crippen LogP contribution is -2.32. The van der Waals surface area contributed by atoms with Crippen LogP contribution in [0.25, 0.3) is 0 Å². The third-order valence-electron chi connectivity index (χ3n) is 2.57. The van der Waals surface area contributed by atoms with Crippen LogP contribution >= 0.6 is 0 Å². The Balaban J connectivity index is 3.38. The molecule has 0 aromatic carbocycles. The van der Waals surface area contributed by atoms with Gasteiger partial charge >= 0.3 is 0 Å². The highest BCUT2D eigenvalue weighted by Gasteiger charge is 2.05. The van der Waals surface area contributed by atoms with E-state index in [1.54, 1.807) is 0 Å². The highest BCUT2D eigenvalue weighted by atomic mass is 16.5. The highest BCUT2D eigenvalue weighted by molar-refractivity contribution is 4.65. The molecule has 0 aliphatic rings. The summed E-state index contributed by atoms with van der Waals surface area (Å²) < 4.78 is 5.45. The molecule has 92 valence electrons. The highest BCUT2D eigenvalue weighted by Crippen LogP contribution is 2.06. The lowest BCUT2D eigenvalue weighted by Gasteiger charge is -2.17. The fourth-order valence-electron chi connectivity index (χ4n) is 1.73. The van der Waals surface area contributed by atoms with Crippen molar-refractivity contribution in [2.45, 2.75) is 65.3 Å². The molecule has 0 aliphatic heterocycles. The molecule has 1 N–H and O–H groups in total. The van der Waals surface area contributed by atoms with E-state index in [0.29, 0.717) is 6.04 Å². The molecule has 0 bridgehead atoms. The molecule has 1 atom stereocenters. The number of hydrogen-bond donors (Lipinski definition) is 1. The Morgan fingerprint density at radius 3 is 2.33 bits per heavy atom. The summed E-state index contributed by atoms with van der Waals surface area (Å²) in [5, 5.41) is 3.59. The monoisotopic (exact) mass is 215 g/mol. The van der Waals surface area contributed by atoms with Gasteiger partial charge in [-0.25, -0.2) is 0 Å². The Bertz CT molecular complexity index is 117. The van der Waals surface area contributed by atoms with Gasteiger partial charge in [0.05, 0.1) is 6.61 Å². The fourth-order valence-corrected chi connectivity index (χ4v) is 1.73. The molecule has 0 aliphatic carbocycles. The van der Waals surface area contributed by atoms with Crippen LogP contribution in [0.15, 0.2) is 0 Å². The Morgan fingerprint density at radius 1 is 0.933 bits per heavy atom. The third kappa shape index (κ3) is 10.2. The zero-order valence-electron chi connectivity index (χ0n) is 10.8. The first-order chi connectivity index (χ1) is 7.35. The van der Waals surface area contributed by atoms with Crippen LogP contribution in [0.1, 0.15) is 59.3 Å². The lowest BCUT2D eigenvalue weighted by molar-refractivity contribution is 0.133. The second-order valence-electron chi connectivity index (χ2n) is 4.19. The van der Waals surface area contributed by atoms with Crippen molar-refractivity contribution in [1.29, 1.82) is 0 Å². The number of nitrogens with one attached hydrogen (secondary N) is 1. The second kappa shape index (κ2) is 12.0. The SMILES string of the molecule is CCCCC(CCC)NCCOCCC. The van der Waals surface area contributed by atoms with Crippen LogP contribution in [-0.2, 0) is 4.74 Å². The van der Waals surface area contributed by atoms with Gasteiger partial charge in [-0.15, -0.1) is 0 Å². The molecule has 0 spiro atoms. The maximum absolute atomic E-state index is 5.45. The summed E-state index contributed by atoms with van der Waals surface area (Å²) in [4.78, 5) is 0. The van der Waals surface area contributed by atoms with Gasteiger partial charge < -0.3 is 10.1 Å². The van der Waals surface area contributed by atoms with E-state index in [-0.39, 0.29) is 0 Å². The minimum absolute atomic E-state index is 0.708. The van der Waals surface area contributed by atoms with Gasteiger partial charge in [0.2, 0.25) is 0 Å². The first-order valence-corrected chi connectivity index (χ1v) is 6.66. The van der Waals surface area contributed by atoms with Crippen molar-refractivity contribution >= 4 is 0 Å². The van der Waals surface area contributed by atoms with Gasteiger partial charge in [-0.3, -0.25) is 0 Å². The van der Waals surface area contributed by atoms with Crippen molar-refractivity contribution in [2.24, 2.45) is 0 Å². The first-order valence-electron chi connectivity index (χ1n) is 6.66. The molecule has 0 aromatic rings. The van der Waals surface area contributed by atoms with E-state index in [9.17, 15) is 0 Å². The van der Waals surface area contributed by atoms with E-state index in [2.05, 4.69) is 26.1 Å². The summed E-state index contributed by atoms with van der Waals surface area (Å²) >= 11 is 0. The standard InChI is InChI=1S/C13H29NO/c1-4-7-9-13(8-5-2)14-10-12-15-11-6-3/h13-14H,4-12H2,1-3H3. The predicted octanol–water partition coefficient (Wildman–Crippen LogP) is 3.36. The van der Waals surface area contributed by atoms with E-state index in [1.165, 1.54) is 32.1 Å². The lowest BCUT2D eigenvalue weighted by atomic mass is 10.1. The van der Waals surface area contributed by atoms with Crippen LogP contribution in [0.3, 0.4) is 0 Å². The largest absolute Gasteiger partial charge is 0.380 e. The van der Waals surface area contributed by atoms with Gasteiger partial charge in [0.15, 0.2) is 0 Å². The predicted molar refractivity (Wildman–Crippen MR) is 67.3 cm³/mol. The van der Waals surface area contributed by atoms with Gasteiger partial charge in [-0.1, -0.05) is 40.0 Å². The van der Waals surface area contributed by atoms with Crippen LogP contribution in [0.2, 0.25) is 0 Å². The molecule has 0 saturated carbocycles. The van der Waals surface area contributed by atoms with Crippen LogP contribution in [0.5, 0.6) is 0 Å². The Hall–Kier alpha value is -0.0800.